The van der Waals surface area contributed by atoms with E-state index in [1.165, 1.54) is 0 Å². The van der Waals surface area contributed by atoms with Crippen LogP contribution in [-0.2, 0) is 20.1 Å². The van der Waals surface area contributed by atoms with Gasteiger partial charge in [0, 0.05) is 51.1 Å². The molecule has 3 aromatic heterocycles. The number of aliphatic imine (C=N–C) groups is 1. The summed E-state index contributed by atoms with van der Waals surface area (Å²) < 4.78 is 3.77. The van der Waals surface area contributed by atoms with Gasteiger partial charge >= 0.3 is 0 Å². The van der Waals surface area contributed by atoms with Crippen molar-refractivity contribution < 1.29 is 0 Å². The predicted molar refractivity (Wildman–Crippen MR) is 123 cm³/mol. The molecule has 0 fully saturated rings. The van der Waals surface area contributed by atoms with E-state index in [9.17, 15) is 0 Å². The summed E-state index contributed by atoms with van der Waals surface area (Å²) in [7, 11) is 4.01. The SMILES string of the molecule is CCNC(=NCc1ccnc(-n2cccn2)c1)N(C)Cc1cc(Cl)cn1C.I. The molecule has 0 spiro atoms. The van der Waals surface area contributed by atoms with E-state index in [-0.39, 0.29) is 24.0 Å². The number of pyridine rings is 1. The molecule has 3 aromatic rings. The van der Waals surface area contributed by atoms with Crippen molar-refractivity contribution in [2.24, 2.45) is 12.0 Å². The van der Waals surface area contributed by atoms with E-state index in [2.05, 4.69) is 27.2 Å². The van der Waals surface area contributed by atoms with Crippen LogP contribution in [0.3, 0.4) is 0 Å². The van der Waals surface area contributed by atoms with Crippen molar-refractivity contribution >= 4 is 41.5 Å². The van der Waals surface area contributed by atoms with Crippen LogP contribution in [0.15, 0.2) is 54.0 Å². The molecule has 0 amide bonds. The maximum absolute atomic E-state index is 6.09. The Morgan fingerprint density at radius 3 is 2.79 bits per heavy atom. The molecule has 0 atom stereocenters. The summed E-state index contributed by atoms with van der Waals surface area (Å²) in [6.45, 7) is 4.12. The first-order valence-electron chi connectivity index (χ1n) is 8.82. The predicted octanol–water partition coefficient (Wildman–Crippen LogP) is 3.47. The molecule has 0 saturated carbocycles. The van der Waals surface area contributed by atoms with Crippen molar-refractivity contribution in [1.82, 2.24) is 29.5 Å². The Morgan fingerprint density at radius 2 is 2.14 bits per heavy atom. The summed E-state index contributed by atoms with van der Waals surface area (Å²) in [6, 6.07) is 7.81. The smallest absolute Gasteiger partial charge is 0.194 e. The third-order valence-corrected chi connectivity index (χ3v) is 4.34. The van der Waals surface area contributed by atoms with Gasteiger partial charge in [-0.2, -0.15) is 5.10 Å². The van der Waals surface area contributed by atoms with Crippen molar-refractivity contribution in [3.63, 3.8) is 0 Å². The van der Waals surface area contributed by atoms with Gasteiger partial charge in [-0.1, -0.05) is 11.6 Å². The van der Waals surface area contributed by atoms with Gasteiger partial charge in [0.2, 0.25) is 0 Å². The Morgan fingerprint density at radius 1 is 1.32 bits per heavy atom. The largest absolute Gasteiger partial charge is 0.357 e. The van der Waals surface area contributed by atoms with Crippen molar-refractivity contribution in [2.45, 2.75) is 20.0 Å². The Hall–Kier alpha value is -2.07. The average molecular weight is 514 g/mol. The number of hydrogen-bond donors (Lipinski definition) is 1. The lowest BCUT2D eigenvalue weighted by Gasteiger charge is -2.22. The van der Waals surface area contributed by atoms with Crippen LogP contribution >= 0.6 is 35.6 Å². The van der Waals surface area contributed by atoms with Gasteiger partial charge in [-0.3, -0.25) is 0 Å². The molecule has 9 heteroatoms. The van der Waals surface area contributed by atoms with Crippen LogP contribution in [0.4, 0.5) is 0 Å². The summed E-state index contributed by atoms with van der Waals surface area (Å²) in [6.07, 6.45) is 7.30. The number of nitrogens with zero attached hydrogens (tertiary/aromatic N) is 6. The summed E-state index contributed by atoms with van der Waals surface area (Å²) in [5.74, 6) is 1.62. The number of rotatable bonds is 6. The highest BCUT2D eigenvalue weighted by atomic mass is 127. The number of nitrogens with one attached hydrogen (secondary N) is 1. The van der Waals surface area contributed by atoms with Gasteiger partial charge in [0.15, 0.2) is 11.8 Å². The van der Waals surface area contributed by atoms with Crippen LogP contribution < -0.4 is 5.32 Å². The molecule has 0 aromatic carbocycles. The number of hydrogen-bond acceptors (Lipinski definition) is 3. The Kier molecular flexibility index (Phi) is 8.31. The first-order valence-corrected chi connectivity index (χ1v) is 9.19. The second-order valence-electron chi connectivity index (χ2n) is 6.26. The van der Waals surface area contributed by atoms with Gasteiger partial charge in [-0.15, -0.1) is 24.0 Å². The minimum Gasteiger partial charge on any atom is -0.357 e. The molecule has 0 saturated heterocycles. The molecular formula is C19H25ClIN7. The average Bonchev–Trinajstić information content (AvgIpc) is 3.29. The Balaban J connectivity index is 0.00000280. The lowest BCUT2D eigenvalue weighted by molar-refractivity contribution is 0.462. The fraction of sp³-hybridized carbons (Fsp3) is 0.316. The molecule has 7 nitrogen and oxygen atoms in total. The minimum absolute atomic E-state index is 0. The molecule has 1 N–H and O–H groups in total. The van der Waals surface area contributed by atoms with Gasteiger partial charge in [-0.25, -0.2) is 14.7 Å². The van der Waals surface area contributed by atoms with E-state index in [1.807, 2.05) is 55.3 Å². The maximum Gasteiger partial charge on any atom is 0.194 e. The second kappa shape index (κ2) is 10.5. The molecule has 28 heavy (non-hydrogen) atoms. The molecule has 0 radical (unpaired) electrons. The zero-order chi connectivity index (χ0) is 19.2. The molecule has 0 aliphatic rings. The lowest BCUT2D eigenvalue weighted by Crippen LogP contribution is -2.38. The van der Waals surface area contributed by atoms with Crippen molar-refractivity contribution in [1.29, 1.82) is 0 Å². The standard InChI is InChI=1S/C19H24ClN7.HI/c1-4-21-19(26(3)14-17-11-16(20)13-25(17)2)23-12-15-6-8-22-18(10-15)27-9-5-7-24-27;/h5-11,13H,4,12,14H2,1-3H3,(H,21,23);1H. The third-order valence-electron chi connectivity index (χ3n) is 4.13. The first-order chi connectivity index (χ1) is 13.1. The van der Waals surface area contributed by atoms with Crippen molar-refractivity contribution in [2.75, 3.05) is 13.6 Å². The number of aromatic nitrogens is 4. The van der Waals surface area contributed by atoms with E-state index >= 15 is 0 Å². The zero-order valence-corrected chi connectivity index (χ0v) is 19.3. The van der Waals surface area contributed by atoms with E-state index < -0.39 is 0 Å². The lowest BCUT2D eigenvalue weighted by atomic mass is 10.2. The molecule has 0 bridgehead atoms. The minimum atomic E-state index is 0. The van der Waals surface area contributed by atoms with Crippen LogP contribution in [0.1, 0.15) is 18.2 Å². The fourth-order valence-corrected chi connectivity index (χ4v) is 3.04. The first kappa shape index (κ1) is 22.2. The monoisotopic (exact) mass is 513 g/mol. The van der Waals surface area contributed by atoms with Gasteiger partial charge in [0.1, 0.15) is 0 Å². The van der Waals surface area contributed by atoms with Gasteiger partial charge in [0.25, 0.3) is 0 Å². The van der Waals surface area contributed by atoms with Gasteiger partial charge in [0.05, 0.1) is 18.1 Å². The van der Waals surface area contributed by atoms with E-state index in [1.54, 1.807) is 17.1 Å². The molecule has 0 aliphatic carbocycles. The van der Waals surface area contributed by atoms with E-state index in [4.69, 9.17) is 16.6 Å². The number of guanidine groups is 1. The molecule has 0 aliphatic heterocycles. The van der Waals surface area contributed by atoms with Crippen LogP contribution in [0.2, 0.25) is 5.02 Å². The Bertz CT molecular complexity index is 905. The fourth-order valence-electron chi connectivity index (χ4n) is 2.77. The quantitative estimate of drug-likeness (QED) is 0.311. The molecule has 3 heterocycles. The summed E-state index contributed by atoms with van der Waals surface area (Å²) in [5.41, 5.74) is 2.19. The molecule has 0 unspecified atom stereocenters. The van der Waals surface area contributed by atoms with E-state index in [0.717, 1.165) is 34.6 Å². The van der Waals surface area contributed by atoms with Crippen molar-refractivity contribution in [3.8, 4) is 5.82 Å². The van der Waals surface area contributed by atoms with Crippen LogP contribution in [-0.4, -0.2) is 43.8 Å². The van der Waals surface area contributed by atoms with Crippen LogP contribution in [0.5, 0.6) is 0 Å². The third kappa shape index (κ3) is 5.71. The summed E-state index contributed by atoms with van der Waals surface area (Å²) in [5, 5.41) is 8.31. The maximum atomic E-state index is 6.09. The van der Waals surface area contributed by atoms with Gasteiger partial charge in [-0.05, 0) is 36.8 Å². The topological polar surface area (TPSA) is 63.3 Å². The highest BCUT2D eigenvalue weighted by molar-refractivity contribution is 14.0. The summed E-state index contributed by atoms with van der Waals surface area (Å²) >= 11 is 6.09. The molecule has 150 valence electrons. The van der Waals surface area contributed by atoms with Gasteiger partial charge < -0.3 is 14.8 Å². The Labute approximate surface area is 187 Å². The summed E-state index contributed by atoms with van der Waals surface area (Å²) in [4.78, 5) is 11.2. The second-order valence-corrected chi connectivity index (χ2v) is 6.70. The highest BCUT2D eigenvalue weighted by Gasteiger charge is 2.10. The normalized spacial score (nSPS) is 11.2. The molecular weight excluding hydrogens is 489 g/mol. The number of halogens is 2. The molecule has 3 rings (SSSR count). The van der Waals surface area contributed by atoms with Crippen molar-refractivity contribution in [3.05, 3.63) is 65.3 Å². The van der Waals surface area contributed by atoms with E-state index in [0.29, 0.717) is 13.1 Å². The zero-order valence-electron chi connectivity index (χ0n) is 16.2. The van der Waals surface area contributed by atoms with Crippen LogP contribution in [0, 0.1) is 0 Å². The van der Waals surface area contributed by atoms with Crippen LogP contribution in [0.25, 0.3) is 5.82 Å². The number of aryl methyl sites for hydroxylation is 1. The highest BCUT2D eigenvalue weighted by Crippen LogP contribution is 2.14.